The van der Waals surface area contributed by atoms with Gasteiger partial charge in [0.25, 0.3) is 0 Å². The van der Waals surface area contributed by atoms with Crippen molar-refractivity contribution in [3.8, 4) is 5.75 Å². The van der Waals surface area contributed by atoms with Crippen molar-refractivity contribution in [1.29, 1.82) is 0 Å². The Morgan fingerprint density at radius 2 is 2.11 bits per heavy atom. The molecule has 2 heterocycles. The van der Waals surface area contributed by atoms with Crippen LogP contribution in [0.25, 0.3) is 0 Å². The van der Waals surface area contributed by atoms with Crippen molar-refractivity contribution < 1.29 is 14.9 Å². The van der Waals surface area contributed by atoms with Crippen LogP contribution in [0.1, 0.15) is 30.7 Å². The summed E-state index contributed by atoms with van der Waals surface area (Å²) in [6.45, 7) is 3.94. The maximum atomic E-state index is 9.61. The molecule has 8 nitrogen and oxygen atoms in total. The first-order chi connectivity index (χ1) is 13.1. The van der Waals surface area contributed by atoms with E-state index < -0.39 is 0 Å². The Morgan fingerprint density at radius 1 is 1.30 bits per heavy atom. The first kappa shape index (κ1) is 19.6. The third kappa shape index (κ3) is 5.92. The maximum absolute atomic E-state index is 9.61. The minimum Gasteiger partial charge on any atom is -0.494 e. The van der Waals surface area contributed by atoms with Crippen molar-refractivity contribution in [1.82, 2.24) is 19.7 Å². The Labute approximate surface area is 159 Å². The van der Waals surface area contributed by atoms with Crippen LogP contribution >= 0.6 is 0 Å². The standard InChI is InChI=1S/C19H29N5O3/c1-23-19(21-18(14-25)22-23)20-8-3-11-27-17-5-2-4-15(12-17)13-24-9-6-16(26)7-10-24/h2,4-5,12,16,25-26H,3,6-11,13-14H2,1H3,(H,20,21,22). The summed E-state index contributed by atoms with van der Waals surface area (Å²) in [7, 11) is 1.79. The Bertz CT molecular complexity index is 713. The zero-order valence-electron chi connectivity index (χ0n) is 15.8. The first-order valence-electron chi connectivity index (χ1n) is 9.51. The summed E-state index contributed by atoms with van der Waals surface area (Å²) in [6.07, 6.45) is 2.40. The molecule has 3 N–H and O–H groups in total. The van der Waals surface area contributed by atoms with Gasteiger partial charge in [-0.15, -0.1) is 0 Å². The summed E-state index contributed by atoms with van der Waals surface area (Å²) in [5, 5.41) is 25.9. The largest absolute Gasteiger partial charge is 0.494 e. The predicted octanol–water partition coefficient (Wildman–Crippen LogP) is 1.15. The fraction of sp³-hybridized carbons (Fsp3) is 0.579. The molecule has 0 spiro atoms. The summed E-state index contributed by atoms with van der Waals surface area (Å²) in [6, 6.07) is 8.21. The van der Waals surface area contributed by atoms with Crippen molar-refractivity contribution in [3.05, 3.63) is 35.7 Å². The lowest BCUT2D eigenvalue weighted by Gasteiger charge is -2.29. The van der Waals surface area contributed by atoms with Crippen molar-refractivity contribution in [3.63, 3.8) is 0 Å². The molecule has 1 aliphatic rings. The molecule has 1 aromatic heterocycles. The fourth-order valence-corrected chi connectivity index (χ4v) is 3.19. The second-order valence-corrected chi connectivity index (χ2v) is 6.92. The van der Waals surface area contributed by atoms with Crippen LogP contribution < -0.4 is 10.1 Å². The average Bonchev–Trinajstić information content (AvgIpc) is 3.04. The molecule has 1 fully saturated rings. The molecule has 8 heteroatoms. The molecule has 0 saturated carbocycles. The van der Waals surface area contributed by atoms with E-state index in [9.17, 15) is 5.11 Å². The second kappa shape index (κ2) is 9.68. The molecule has 0 atom stereocenters. The van der Waals surface area contributed by atoms with Gasteiger partial charge in [-0.3, -0.25) is 4.90 Å². The number of aliphatic hydroxyl groups is 2. The number of rotatable bonds is 9. The van der Waals surface area contributed by atoms with Crippen LogP contribution in [-0.4, -0.2) is 62.2 Å². The number of aromatic nitrogens is 3. The molecular weight excluding hydrogens is 346 g/mol. The normalized spacial score (nSPS) is 15.8. The van der Waals surface area contributed by atoms with Gasteiger partial charge in [0.2, 0.25) is 5.95 Å². The fourth-order valence-electron chi connectivity index (χ4n) is 3.19. The van der Waals surface area contributed by atoms with E-state index in [1.165, 1.54) is 5.56 Å². The number of hydrogen-bond acceptors (Lipinski definition) is 7. The number of hydrogen-bond donors (Lipinski definition) is 3. The summed E-state index contributed by atoms with van der Waals surface area (Å²) >= 11 is 0. The van der Waals surface area contributed by atoms with Gasteiger partial charge in [-0.2, -0.15) is 10.1 Å². The lowest BCUT2D eigenvalue weighted by molar-refractivity contribution is 0.0792. The number of likely N-dealkylation sites (tertiary alicyclic amines) is 1. The first-order valence-corrected chi connectivity index (χ1v) is 9.51. The molecule has 1 aromatic carbocycles. The Hall–Kier alpha value is -2.16. The van der Waals surface area contributed by atoms with Crippen molar-refractivity contribution in [2.75, 3.05) is 31.6 Å². The van der Waals surface area contributed by atoms with Gasteiger partial charge in [-0.05, 0) is 37.0 Å². The summed E-state index contributed by atoms with van der Waals surface area (Å²) in [5.41, 5.74) is 1.23. The van der Waals surface area contributed by atoms with Crippen LogP contribution in [0.5, 0.6) is 5.75 Å². The molecule has 2 aromatic rings. The Kier molecular flexibility index (Phi) is 7.03. The number of aliphatic hydroxyl groups excluding tert-OH is 2. The Morgan fingerprint density at radius 3 is 2.85 bits per heavy atom. The van der Waals surface area contributed by atoms with E-state index in [4.69, 9.17) is 9.84 Å². The van der Waals surface area contributed by atoms with Gasteiger partial charge < -0.3 is 20.3 Å². The molecule has 0 bridgehead atoms. The van der Waals surface area contributed by atoms with Gasteiger partial charge in [-0.1, -0.05) is 12.1 Å². The zero-order chi connectivity index (χ0) is 19.1. The van der Waals surface area contributed by atoms with Gasteiger partial charge in [0.05, 0.1) is 12.7 Å². The van der Waals surface area contributed by atoms with Crippen molar-refractivity contribution in [2.24, 2.45) is 7.05 Å². The smallest absolute Gasteiger partial charge is 0.221 e. The molecule has 3 rings (SSSR count). The van der Waals surface area contributed by atoms with Gasteiger partial charge in [-0.25, -0.2) is 4.68 Å². The third-order valence-electron chi connectivity index (χ3n) is 4.68. The van der Waals surface area contributed by atoms with E-state index in [1.54, 1.807) is 11.7 Å². The van der Waals surface area contributed by atoms with Crippen LogP contribution in [0.3, 0.4) is 0 Å². The summed E-state index contributed by atoms with van der Waals surface area (Å²) in [5.74, 6) is 1.94. The molecular formula is C19H29N5O3. The number of anilines is 1. The number of ether oxygens (including phenoxy) is 1. The van der Waals surface area contributed by atoms with Crippen LogP contribution in [0.4, 0.5) is 5.95 Å². The van der Waals surface area contributed by atoms with E-state index in [0.29, 0.717) is 24.9 Å². The average molecular weight is 375 g/mol. The van der Waals surface area contributed by atoms with E-state index in [2.05, 4.69) is 32.4 Å². The lowest BCUT2D eigenvalue weighted by Crippen LogP contribution is -2.35. The van der Waals surface area contributed by atoms with Crippen LogP contribution in [0.15, 0.2) is 24.3 Å². The summed E-state index contributed by atoms with van der Waals surface area (Å²) < 4.78 is 7.49. The van der Waals surface area contributed by atoms with Crippen molar-refractivity contribution >= 4 is 5.95 Å². The van der Waals surface area contributed by atoms with Gasteiger partial charge in [0, 0.05) is 33.2 Å². The number of piperidine rings is 1. The van der Waals surface area contributed by atoms with Crippen LogP contribution in [0, 0.1) is 0 Å². The highest BCUT2D eigenvalue weighted by Crippen LogP contribution is 2.18. The highest BCUT2D eigenvalue weighted by Gasteiger charge is 2.16. The maximum Gasteiger partial charge on any atom is 0.221 e. The molecule has 0 amide bonds. The zero-order valence-corrected chi connectivity index (χ0v) is 15.8. The molecule has 0 unspecified atom stereocenters. The van der Waals surface area contributed by atoms with Crippen molar-refractivity contribution in [2.45, 2.75) is 38.5 Å². The van der Waals surface area contributed by atoms with E-state index >= 15 is 0 Å². The molecule has 148 valence electrons. The molecule has 0 radical (unpaired) electrons. The Balaban J connectivity index is 1.38. The highest BCUT2D eigenvalue weighted by atomic mass is 16.5. The van der Waals surface area contributed by atoms with E-state index in [0.717, 1.165) is 44.6 Å². The summed E-state index contributed by atoms with van der Waals surface area (Å²) in [4.78, 5) is 6.56. The molecule has 0 aliphatic carbocycles. The lowest BCUT2D eigenvalue weighted by atomic mass is 10.1. The van der Waals surface area contributed by atoms with Crippen LogP contribution in [0.2, 0.25) is 0 Å². The SMILES string of the molecule is Cn1nc(CO)nc1NCCCOc1cccc(CN2CCC(O)CC2)c1. The molecule has 1 saturated heterocycles. The topological polar surface area (TPSA) is 95.7 Å². The third-order valence-corrected chi connectivity index (χ3v) is 4.68. The minimum absolute atomic E-state index is 0.138. The quantitative estimate of drug-likeness (QED) is 0.566. The number of nitrogens with zero attached hydrogens (tertiary/aromatic N) is 4. The number of nitrogens with one attached hydrogen (secondary N) is 1. The van der Waals surface area contributed by atoms with E-state index in [1.807, 2.05) is 12.1 Å². The molecule has 1 aliphatic heterocycles. The number of aryl methyl sites for hydroxylation is 1. The van der Waals surface area contributed by atoms with E-state index in [-0.39, 0.29) is 12.7 Å². The number of benzene rings is 1. The van der Waals surface area contributed by atoms with Gasteiger partial charge in [0.1, 0.15) is 12.4 Å². The molecule has 27 heavy (non-hydrogen) atoms. The predicted molar refractivity (Wildman–Crippen MR) is 102 cm³/mol. The van der Waals surface area contributed by atoms with Gasteiger partial charge in [0.15, 0.2) is 5.82 Å². The monoisotopic (exact) mass is 375 g/mol. The van der Waals surface area contributed by atoms with Gasteiger partial charge >= 0.3 is 0 Å². The van der Waals surface area contributed by atoms with Crippen LogP contribution in [-0.2, 0) is 20.2 Å². The second-order valence-electron chi connectivity index (χ2n) is 6.92. The minimum atomic E-state index is -0.160. The highest BCUT2D eigenvalue weighted by molar-refractivity contribution is 5.28.